The molecule has 7 heteroatoms. The Morgan fingerprint density at radius 3 is 2.46 bits per heavy atom. The summed E-state index contributed by atoms with van der Waals surface area (Å²) in [5.41, 5.74) is 2.37. The molecule has 0 unspecified atom stereocenters. The lowest BCUT2D eigenvalue weighted by atomic mass is 9.91. The molecule has 3 fully saturated rings. The first-order valence-corrected chi connectivity index (χ1v) is 11.1. The summed E-state index contributed by atoms with van der Waals surface area (Å²) < 4.78 is 0. The van der Waals surface area contributed by atoms with E-state index in [4.69, 9.17) is 0 Å². The normalized spacial score (nSPS) is 24.3. The topological polar surface area (TPSA) is 55.8 Å². The van der Waals surface area contributed by atoms with Crippen LogP contribution in [0.2, 0.25) is 0 Å². The van der Waals surface area contributed by atoms with Gasteiger partial charge in [-0.2, -0.15) is 5.10 Å². The monoisotopic (exact) mass is 384 g/mol. The highest BCUT2D eigenvalue weighted by atomic mass is 16.2. The predicted octanol–water partition coefficient (Wildman–Crippen LogP) is 1.13. The van der Waals surface area contributed by atoms with E-state index in [-0.39, 0.29) is 5.91 Å². The molecule has 0 bridgehead atoms. The van der Waals surface area contributed by atoms with Gasteiger partial charge in [-0.15, -0.1) is 5.10 Å². The lowest BCUT2D eigenvalue weighted by Gasteiger charge is -2.43. The molecule has 2 saturated heterocycles. The molecule has 0 N–H and O–H groups in total. The Bertz CT molecular complexity index is 707. The highest BCUT2D eigenvalue weighted by Gasteiger charge is 2.30. The zero-order valence-electron chi connectivity index (χ0n) is 16.9. The van der Waals surface area contributed by atoms with Crippen molar-refractivity contribution in [1.82, 2.24) is 24.9 Å². The lowest BCUT2D eigenvalue weighted by molar-refractivity contribution is -0.135. The molecule has 1 aromatic rings. The molecule has 1 amide bonds. The molecule has 4 heterocycles. The number of amides is 1. The quantitative estimate of drug-likeness (QED) is 0.776. The van der Waals surface area contributed by atoms with E-state index in [0.717, 1.165) is 76.3 Å². The lowest BCUT2D eigenvalue weighted by Crippen LogP contribution is -2.55. The summed E-state index contributed by atoms with van der Waals surface area (Å²) in [5.74, 6) is 1.31. The van der Waals surface area contributed by atoms with Gasteiger partial charge in [0.15, 0.2) is 5.82 Å². The minimum Gasteiger partial charge on any atom is -0.355 e. The van der Waals surface area contributed by atoms with E-state index >= 15 is 0 Å². The summed E-state index contributed by atoms with van der Waals surface area (Å²) in [6, 6.07) is 3.02. The van der Waals surface area contributed by atoms with Crippen LogP contribution in [0.3, 0.4) is 0 Å². The van der Waals surface area contributed by atoms with Crippen molar-refractivity contribution < 1.29 is 4.79 Å². The Hall–Kier alpha value is -1.73. The number of fused-ring (bicyclic) bond motifs is 1. The maximum atomic E-state index is 12.8. The van der Waals surface area contributed by atoms with Gasteiger partial charge in [-0.1, -0.05) is 6.42 Å². The van der Waals surface area contributed by atoms with Crippen LogP contribution in [0.15, 0.2) is 6.07 Å². The molecule has 5 rings (SSSR count). The summed E-state index contributed by atoms with van der Waals surface area (Å²) in [6.07, 6.45) is 7.55. The average Bonchev–Trinajstić information content (AvgIpc) is 3.21. The Labute approximate surface area is 167 Å². The minimum absolute atomic E-state index is 0.276. The number of hydrogen-bond donors (Lipinski definition) is 0. The molecule has 0 atom stereocenters. The Morgan fingerprint density at radius 1 is 0.964 bits per heavy atom. The molecule has 1 aliphatic carbocycles. The fourth-order valence-corrected chi connectivity index (χ4v) is 4.98. The van der Waals surface area contributed by atoms with Gasteiger partial charge in [-0.3, -0.25) is 14.6 Å². The van der Waals surface area contributed by atoms with Gasteiger partial charge in [0.05, 0.1) is 12.2 Å². The van der Waals surface area contributed by atoms with E-state index in [2.05, 4.69) is 35.9 Å². The number of piperazine rings is 1. The van der Waals surface area contributed by atoms with Crippen LogP contribution in [-0.2, 0) is 17.8 Å². The SMILES string of the molecule is O=C(CN1CCc2cc(N3CCCC3)nnc2C1)N1CCN(C2CCC2)CC1. The summed E-state index contributed by atoms with van der Waals surface area (Å²) in [7, 11) is 0. The van der Waals surface area contributed by atoms with Gasteiger partial charge in [0.25, 0.3) is 0 Å². The van der Waals surface area contributed by atoms with Crippen LogP contribution in [0.1, 0.15) is 43.4 Å². The van der Waals surface area contributed by atoms with Gasteiger partial charge in [0.1, 0.15) is 0 Å². The Kier molecular flexibility index (Phi) is 5.20. The van der Waals surface area contributed by atoms with E-state index in [1.165, 1.54) is 37.7 Å². The maximum Gasteiger partial charge on any atom is 0.236 e. The number of anilines is 1. The highest BCUT2D eigenvalue weighted by Crippen LogP contribution is 2.26. The van der Waals surface area contributed by atoms with E-state index < -0.39 is 0 Å². The van der Waals surface area contributed by atoms with Gasteiger partial charge in [0.2, 0.25) is 5.91 Å². The molecule has 7 nitrogen and oxygen atoms in total. The first-order valence-electron chi connectivity index (χ1n) is 11.1. The van der Waals surface area contributed by atoms with Crippen molar-refractivity contribution in [3.8, 4) is 0 Å². The fraction of sp³-hybridized carbons (Fsp3) is 0.762. The number of carbonyl (C=O) groups is 1. The van der Waals surface area contributed by atoms with Crippen LogP contribution in [0.4, 0.5) is 5.82 Å². The fourth-order valence-electron chi connectivity index (χ4n) is 4.98. The minimum atomic E-state index is 0.276. The molecule has 0 spiro atoms. The average molecular weight is 385 g/mol. The summed E-state index contributed by atoms with van der Waals surface area (Å²) in [4.78, 5) is 22.0. The van der Waals surface area contributed by atoms with Crippen molar-refractivity contribution in [2.24, 2.45) is 0 Å². The van der Waals surface area contributed by atoms with Gasteiger partial charge < -0.3 is 9.80 Å². The van der Waals surface area contributed by atoms with Crippen LogP contribution >= 0.6 is 0 Å². The molecular weight excluding hydrogens is 352 g/mol. The van der Waals surface area contributed by atoms with Crippen molar-refractivity contribution >= 4 is 11.7 Å². The maximum absolute atomic E-state index is 12.8. The third-order valence-electron chi connectivity index (χ3n) is 7.06. The third-order valence-corrected chi connectivity index (χ3v) is 7.06. The van der Waals surface area contributed by atoms with Crippen molar-refractivity contribution in [3.05, 3.63) is 17.3 Å². The van der Waals surface area contributed by atoms with Crippen molar-refractivity contribution in [1.29, 1.82) is 0 Å². The van der Waals surface area contributed by atoms with E-state index in [9.17, 15) is 4.79 Å². The van der Waals surface area contributed by atoms with Crippen LogP contribution in [-0.4, -0.2) is 89.2 Å². The van der Waals surface area contributed by atoms with Crippen molar-refractivity contribution in [2.75, 3.05) is 57.3 Å². The second kappa shape index (κ2) is 7.95. The number of rotatable bonds is 4. The molecule has 3 aliphatic heterocycles. The van der Waals surface area contributed by atoms with E-state index in [1.807, 2.05) is 0 Å². The first kappa shape index (κ1) is 18.3. The largest absolute Gasteiger partial charge is 0.355 e. The molecule has 4 aliphatic rings. The zero-order chi connectivity index (χ0) is 18.9. The molecule has 28 heavy (non-hydrogen) atoms. The second-order valence-corrected chi connectivity index (χ2v) is 8.83. The first-order chi connectivity index (χ1) is 13.8. The van der Waals surface area contributed by atoms with Crippen LogP contribution < -0.4 is 4.90 Å². The Morgan fingerprint density at radius 2 is 1.75 bits per heavy atom. The third kappa shape index (κ3) is 3.74. The zero-order valence-corrected chi connectivity index (χ0v) is 16.9. The van der Waals surface area contributed by atoms with E-state index in [0.29, 0.717) is 6.54 Å². The highest BCUT2D eigenvalue weighted by molar-refractivity contribution is 5.78. The van der Waals surface area contributed by atoms with Gasteiger partial charge in [-0.05, 0) is 43.7 Å². The number of aromatic nitrogens is 2. The number of nitrogens with zero attached hydrogens (tertiary/aromatic N) is 6. The summed E-state index contributed by atoms with van der Waals surface area (Å²) in [6.45, 7) is 8.26. The Balaban J connectivity index is 1.14. The van der Waals surface area contributed by atoms with Crippen molar-refractivity contribution in [2.45, 2.75) is 51.1 Å². The van der Waals surface area contributed by atoms with Gasteiger partial charge in [-0.25, -0.2) is 0 Å². The van der Waals surface area contributed by atoms with Gasteiger partial charge in [0, 0.05) is 58.4 Å². The molecule has 1 aromatic heterocycles. The van der Waals surface area contributed by atoms with Crippen LogP contribution in [0.25, 0.3) is 0 Å². The summed E-state index contributed by atoms with van der Waals surface area (Å²) in [5, 5.41) is 8.98. The second-order valence-electron chi connectivity index (χ2n) is 8.83. The molecule has 0 aromatic carbocycles. The predicted molar refractivity (Wildman–Crippen MR) is 108 cm³/mol. The molecular formula is C21H32N6O. The molecule has 152 valence electrons. The van der Waals surface area contributed by atoms with Gasteiger partial charge >= 0.3 is 0 Å². The molecule has 1 saturated carbocycles. The van der Waals surface area contributed by atoms with Crippen molar-refractivity contribution in [3.63, 3.8) is 0 Å². The number of hydrogen-bond acceptors (Lipinski definition) is 6. The van der Waals surface area contributed by atoms with E-state index in [1.54, 1.807) is 0 Å². The summed E-state index contributed by atoms with van der Waals surface area (Å²) >= 11 is 0. The van der Waals surface area contributed by atoms with Crippen LogP contribution in [0.5, 0.6) is 0 Å². The smallest absolute Gasteiger partial charge is 0.236 e. The number of carbonyl (C=O) groups excluding carboxylic acids is 1. The van der Waals surface area contributed by atoms with Crippen LogP contribution in [0, 0.1) is 0 Å². The standard InChI is InChI=1S/C21H32N6O/c28-21(27-12-10-25(11-13-27)18-4-3-5-18)16-24-9-6-17-14-20(23-22-19(17)15-24)26-7-1-2-8-26/h14,18H,1-13,15-16H2. The molecule has 0 radical (unpaired) electrons.